The summed E-state index contributed by atoms with van der Waals surface area (Å²) in [4.78, 5) is 2.34. The van der Waals surface area contributed by atoms with E-state index in [1.165, 1.54) is 25.7 Å². The number of nitrogens with zero attached hydrogens (tertiary/aromatic N) is 1. The second-order valence-corrected chi connectivity index (χ2v) is 6.02. The topological polar surface area (TPSA) is 29.3 Å². The summed E-state index contributed by atoms with van der Waals surface area (Å²) in [6.07, 6.45) is 6.84. The summed E-state index contributed by atoms with van der Waals surface area (Å²) in [6, 6.07) is 5.52. The summed E-state index contributed by atoms with van der Waals surface area (Å²) in [6.45, 7) is 2.67. The quantitative estimate of drug-likeness (QED) is 0.906. The van der Waals surface area contributed by atoms with Gasteiger partial charge in [0.15, 0.2) is 0 Å². The Morgan fingerprint density at radius 1 is 1.11 bits per heavy atom. The Morgan fingerprint density at radius 3 is 2.42 bits per heavy atom. The van der Waals surface area contributed by atoms with Crippen molar-refractivity contribution in [2.45, 2.75) is 43.9 Å². The van der Waals surface area contributed by atoms with E-state index in [1.807, 2.05) is 6.07 Å². The highest BCUT2D eigenvalue weighted by atomic mass is 19.1. The van der Waals surface area contributed by atoms with Gasteiger partial charge in [-0.05, 0) is 37.8 Å². The van der Waals surface area contributed by atoms with Crippen LogP contribution in [0.3, 0.4) is 0 Å². The van der Waals surface area contributed by atoms with Crippen LogP contribution in [0, 0.1) is 5.82 Å². The van der Waals surface area contributed by atoms with Crippen LogP contribution in [-0.2, 0) is 5.41 Å². The summed E-state index contributed by atoms with van der Waals surface area (Å²) in [5, 5.41) is 0. The van der Waals surface area contributed by atoms with E-state index >= 15 is 0 Å². The molecule has 3 rings (SSSR count). The van der Waals surface area contributed by atoms with Crippen LogP contribution in [0.5, 0.6) is 0 Å². The third kappa shape index (κ3) is 2.14. The molecular weight excluding hydrogens is 239 g/mol. The minimum atomic E-state index is -0.122. The first kappa shape index (κ1) is 12.9. The van der Waals surface area contributed by atoms with E-state index in [1.54, 1.807) is 6.07 Å². The van der Waals surface area contributed by atoms with Crippen LogP contribution in [0.1, 0.15) is 44.1 Å². The van der Waals surface area contributed by atoms with Crippen LogP contribution in [0.4, 0.5) is 10.1 Å². The third-order valence-electron chi connectivity index (χ3n) is 4.92. The lowest BCUT2D eigenvalue weighted by atomic mass is 9.77. The largest absolute Gasteiger partial charge is 0.371 e. The average molecular weight is 262 g/mol. The number of nitrogens with two attached hydrogens (primary N) is 1. The number of rotatable bonds is 3. The van der Waals surface area contributed by atoms with Crippen molar-refractivity contribution < 1.29 is 4.39 Å². The molecule has 2 nitrogen and oxygen atoms in total. The van der Waals surface area contributed by atoms with E-state index in [2.05, 4.69) is 11.0 Å². The van der Waals surface area contributed by atoms with Crippen molar-refractivity contribution >= 4 is 5.69 Å². The maximum absolute atomic E-state index is 14.5. The minimum absolute atomic E-state index is 0.0586. The second-order valence-electron chi connectivity index (χ2n) is 6.02. The molecule has 1 aliphatic heterocycles. The minimum Gasteiger partial charge on any atom is -0.371 e. The van der Waals surface area contributed by atoms with Crippen molar-refractivity contribution in [3.63, 3.8) is 0 Å². The highest BCUT2D eigenvalue weighted by Crippen LogP contribution is 2.45. The van der Waals surface area contributed by atoms with Gasteiger partial charge in [0.1, 0.15) is 5.82 Å². The molecule has 1 heterocycles. The normalized spacial score (nSPS) is 22.1. The number of benzene rings is 1. The van der Waals surface area contributed by atoms with E-state index < -0.39 is 0 Å². The summed E-state index contributed by atoms with van der Waals surface area (Å²) in [5.74, 6) is -0.0586. The maximum Gasteiger partial charge on any atom is 0.129 e. The van der Waals surface area contributed by atoms with Crippen molar-refractivity contribution in [3.8, 4) is 0 Å². The lowest BCUT2D eigenvalue weighted by Crippen LogP contribution is -2.35. The zero-order valence-corrected chi connectivity index (χ0v) is 11.5. The first-order valence-corrected chi connectivity index (χ1v) is 7.51. The van der Waals surface area contributed by atoms with Gasteiger partial charge in [-0.1, -0.05) is 18.9 Å². The van der Waals surface area contributed by atoms with Gasteiger partial charge in [-0.2, -0.15) is 0 Å². The molecule has 1 aromatic carbocycles. The molecule has 104 valence electrons. The standard InChI is InChI=1S/C16H23FN2/c17-13-6-5-7-14(19-10-3-4-11-19)15(13)16(12-18)8-1-2-9-16/h5-7H,1-4,8-12,18H2. The van der Waals surface area contributed by atoms with Crippen LogP contribution in [0.15, 0.2) is 18.2 Å². The molecule has 1 aromatic rings. The monoisotopic (exact) mass is 262 g/mol. The van der Waals surface area contributed by atoms with Crippen molar-refractivity contribution in [2.24, 2.45) is 5.73 Å². The summed E-state index contributed by atoms with van der Waals surface area (Å²) >= 11 is 0. The van der Waals surface area contributed by atoms with Gasteiger partial charge in [-0.25, -0.2) is 4.39 Å². The molecule has 0 aromatic heterocycles. The second kappa shape index (κ2) is 5.12. The molecule has 1 saturated carbocycles. The predicted octanol–water partition coefficient (Wildman–Crippen LogP) is 3.20. The molecule has 0 atom stereocenters. The van der Waals surface area contributed by atoms with Crippen molar-refractivity contribution in [1.29, 1.82) is 0 Å². The van der Waals surface area contributed by atoms with Crippen molar-refractivity contribution in [3.05, 3.63) is 29.6 Å². The average Bonchev–Trinajstić information content (AvgIpc) is 3.10. The van der Waals surface area contributed by atoms with Crippen molar-refractivity contribution in [2.75, 3.05) is 24.5 Å². The van der Waals surface area contributed by atoms with E-state index in [0.717, 1.165) is 37.2 Å². The van der Waals surface area contributed by atoms with Gasteiger partial charge in [0.25, 0.3) is 0 Å². The Balaban J connectivity index is 2.07. The fourth-order valence-corrected chi connectivity index (χ4v) is 3.87. The number of hydrogen-bond donors (Lipinski definition) is 1. The lowest BCUT2D eigenvalue weighted by Gasteiger charge is -2.33. The molecule has 2 aliphatic rings. The van der Waals surface area contributed by atoms with Gasteiger partial charge < -0.3 is 10.6 Å². The zero-order valence-electron chi connectivity index (χ0n) is 11.5. The first-order chi connectivity index (χ1) is 9.27. The Morgan fingerprint density at radius 2 is 1.79 bits per heavy atom. The molecule has 1 saturated heterocycles. The molecule has 0 unspecified atom stereocenters. The fourth-order valence-electron chi connectivity index (χ4n) is 3.87. The Bertz CT molecular complexity index is 446. The summed E-state index contributed by atoms with van der Waals surface area (Å²) in [5.41, 5.74) is 7.93. The molecule has 2 fully saturated rings. The van der Waals surface area contributed by atoms with E-state index in [-0.39, 0.29) is 11.2 Å². The Kier molecular flexibility index (Phi) is 3.48. The highest BCUT2D eigenvalue weighted by Gasteiger charge is 2.39. The molecule has 19 heavy (non-hydrogen) atoms. The van der Waals surface area contributed by atoms with Gasteiger partial charge in [0.05, 0.1) is 0 Å². The molecule has 0 amide bonds. The van der Waals surface area contributed by atoms with Gasteiger partial charge in [-0.3, -0.25) is 0 Å². The predicted molar refractivity (Wildman–Crippen MR) is 77.0 cm³/mol. The number of hydrogen-bond acceptors (Lipinski definition) is 2. The third-order valence-corrected chi connectivity index (χ3v) is 4.92. The van der Waals surface area contributed by atoms with E-state index in [9.17, 15) is 4.39 Å². The van der Waals surface area contributed by atoms with E-state index in [0.29, 0.717) is 6.54 Å². The molecule has 0 bridgehead atoms. The van der Waals surface area contributed by atoms with Crippen LogP contribution >= 0.6 is 0 Å². The van der Waals surface area contributed by atoms with Gasteiger partial charge >= 0.3 is 0 Å². The fraction of sp³-hybridized carbons (Fsp3) is 0.625. The van der Waals surface area contributed by atoms with Gasteiger partial charge in [-0.15, -0.1) is 0 Å². The van der Waals surface area contributed by atoms with Crippen LogP contribution in [0.2, 0.25) is 0 Å². The molecule has 3 heteroatoms. The summed E-state index contributed by atoms with van der Waals surface area (Å²) < 4.78 is 14.5. The van der Waals surface area contributed by atoms with Gasteiger partial charge in [0, 0.05) is 36.3 Å². The maximum atomic E-state index is 14.5. The SMILES string of the molecule is NCC1(c2c(F)cccc2N2CCCC2)CCCC1. The summed E-state index contributed by atoms with van der Waals surface area (Å²) in [7, 11) is 0. The molecular formula is C16H23FN2. The van der Waals surface area contributed by atoms with Gasteiger partial charge in [0.2, 0.25) is 0 Å². The smallest absolute Gasteiger partial charge is 0.129 e. The van der Waals surface area contributed by atoms with Crippen molar-refractivity contribution in [1.82, 2.24) is 0 Å². The highest BCUT2D eigenvalue weighted by molar-refractivity contribution is 5.58. The molecule has 0 spiro atoms. The molecule has 1 aliphatic carbocycles. The van der Waals surface area contributed by atoms with Crippen LogP contribution in [-0.4, -0.2) is 19.6 Å². The van der Waals surface area contributed by atoms with Crippen LogP contribution in [0.25, 0.3) is 0 Å². The lowest BCUT2D eigenvalue weighted by molar-refractivity contribution is 0.427. The first-order valence-electron chi connectivity index (χ1n) is 7.51. The van der Waals surface area contributed by atoms with Crippen LogP contribution < -0.4 is 10.6 Å². The zero-order chi connectivity index (χ0) is 13.3. The Hall–Kier alpha value is -1.09. The molecule has 2 N–H and O–H groups in total. The molecule has 0 radical (unpaired) electrons. The number of halogens is 1. The van der Waals surface area contributed by atoms with E-state index in [4.69, 9.17) is 5.73 Å². The Labute approximate surface area is 114 Å². The number of anilines is 1.